The van der Waals surface area contributed by atoms with Crippen molar-refractivity contribution in [2.24, 2.45) is 0 Å². The predicted octanol–water partition coefficient (Wildman–Crippen LogP) is 5.90. The second-order valence-corrected chi connectivity index (χ2v) is 15.6. The molecule has 6 nitrogen and oxygen atoms in total. The Morgan fingerprint density at radius 3 is 2.50 bits per heavy atom. The van der Waals surface area contributed by atoms with Crippen LogP contribution in [0.15, 0.2) is 60.9 Å². The molecule has 0 aliphatic heterocycles. The first-order chi connectivity index (χ1) is 16.2. The van der Waals surface area contributed by atoms with E-state index in [9.17, 15) is 9.59 Å². The van der Waals surface area contributed by atoms with Crippen molar-refractivity contribution >= 4 is 42.6 Å². The summed E-state index contributed by atoms with van der Waals surface area (Å²) >= 11 is 6.03. The van der Waals surface area contributed by atoms with Gasteiger partial charge < -0.3 is 13.9 Å². The Morgan fingerprint density at radius 2 is 1.79 bits per heavy atom. The van der Waals surface area contributed by atoms with Gasteiger partial charge >= 0.3 is 0 Å². The van der Waals surface area contributed by atoms with Gasteiger partial charge in [-0.25, -0.2) is 4.98 Å². The van der Waals surface area contributed by atoms with Gasteiger partial charge in [-0.1, -0.05) is 61.6 Å². The van der Waals surface area contributed by atoms with Gasteiger partial charge in [0.15, 0.2) is 12.1 Å². The molecule has 2 aromatic heterocycles. The lowest BCUT2D eigenvalue weighted by atomic mass is 10.1. The lowest BCUT2D eigenvalue weighted by Gasteiger charge is -2.15. The van der Waals surface area contributed by atoms with Crippen molar-refractivity contribution in [2.75, 3.05) is 6.61 Å². The van der Waals surface area contributed by atoms with E-state index in [1.165, 1.54) is 0 Å². The van der Waals surface area contributed by atoms with Crippen LogP contribution in [0.4, 0.5) is 0 Å². The highest BCUT2D eigenvalue weighted by Gasteiger charge is 2.22. The first-order valence-corrected chi connectivity index (χ1v) is 15.3. The number of hydrogen-bond donors (Lipinski definition) is 0. The number of benzene rings is 2. The molecule has 0 spiro atoms. The number of carbonyl (C=O) groups excluding carboxylic acids is 2. The number of rotatable bonds is 10. The molecule has 0 N–H and O–H groups in total. The minimum atomic E-state index is -1.23. The Kier molecular flexibility index (Phi) is 7.16. The maximum Gasteiger partial charge on any atom is 0.230 e. The number of fused-ring (bicyclic) bond motifs is 1. The van der Waals surface area contributed by atoms with Gasteiger partial charge in [0.25, 0.3) is 0 Å². The molecular formula is C26H28ClN3O3Si. The molecule has 8 heteroatoms. The molecule has 0 radical (unpaired) electrons. The molecule has 4 aromatic rings. The zero-order valence-corrected chi connectivity index (χ0v) is 21.4. The normalized spacial score (nSPS) is 11.8. The third-order valence-corrected chi connectivity index (χ3v) is 7.60. The van der Waals surface area contributed by atoms with E-state index in [4.69, 9.17) is 16.3 Å². The fourth-order valence-electron chi connectivity index (χ4n) is 3.78. The van der Waals surface area contributed by atoms with E-state index in [1.54, 1.807) is 10.8 Å². The van der Waals surface area contributed by atoms with Crippen LogP contribution in [-0.4, -0.2) is 40.9 Å². The first kappa shape index (κ1) is 24.1. The van der Waals surface area contributed by atoms with Gasteiger partial charge in [-0.2, -0.15) is 0 Å². The molecule has 0 saturated carbocycles. The van der Waals surface area contributed by atoms with Crippen molar-refractivity contribution in [2.45, 2.75) is 39.0 Å². The summed E-state index contributed by atoms with van der Waals surface area (Å²) < 4.78 is 9.51. The number of halogens is 1. The van der Waals surface area contributed by atoms with Crippen LogP contribution in [0.5, 0.6) is 0 Å². The fraction of sp³-hybridized carbons (Fsp3) is 0.269. The van der Waals surface area contributed by atoms with Crippen molar-refractivity contribution in [3.05, 3.63) is 88.6 Å². The Morgan fingerprint density at radius 1 is 1.06 bits per heavy atom. The summed E-state index contributed by atoms with van der Waals surface area (Å²) in [4.78, 5) is 29.3. The van der Waals surface area contributed by atoms with Gasteiger partial charge in [0.2, 0.25) is 5.78 Å². The second-order valence-electron chi connectivity index (χ2n) is 9.57. The van der Waals surface area contributed by atoms with Gasteiger partial charge in [-0.15, -0.1) is 0 Å². The van der Waals surface area contributed by atoms with E-state index in [1.807, 2.05) is 59.3 Å². The number of imidazole rings is 1. The molecule has 176 valence electrons. The van der Waals surface area contributed by atoms with Crippen LogP contribution in [0.25, 0.3) is 10.9 Å². The molecule has 2 aromatic carbocycles. The maximum absolute atomic E-state index is 13.6. The number of carbonyl (C=O) groups is 2. The van der Waals surface area contributed by atoms with Crippen LogP contribution in [0.2, 0.25) is 30.7 Å². The standard InChI is InChI=1S/C26H28ClN3O3Si/c1-34(2,3)13-12-33-18-30-15-21(17-31)28-26(30)25(32)23-16-29(24-7-5-4-6-22(23)24)14-19-8-10-20(27)11-9-19/h4-11,15-17H,12-14,18H2,1-3H3. The van der Waals surface area contributed by atoms with Crippen LogP contribution in [0, 0.1) is 0 Å². The minimum Gasteiger partial charge on any atom is -0.361 e. The number of ether oxygens (including phenoxy) is 1. The van der Waals surface area contributed by atoms with Crippen molar-refractivity contribution in [1.82, 2.24) is 14.1 Å². The van der Waals surface area contributed by atoms with E-state index in [0.717, 1.165) is 22.5 Å². The summed E-state index contributed by atoms with van der Waals surface area (Å²) in [5, 5.41) is 1.52. The minimum absolute atomic E-state index is 0.176. The van der Waals surface area contributed by atoms with Crippen LogP contribution in [-0.2, 0) is 18.0 Å². The highest BCUT2D eigenvalue weighted by molar-refractivity contribution is 6.76. The monoisotopic (exact) mass is 493 g/mol. The molecule has 4 rings (SSSR count). The predicted molar refractivity (Wildman–Crippen MR) is 138 cm³/mol. The van der Waals surface area contributed by atoms with E-state index in [0.29, 0.717) is 30.0 Å². The van der Waals surface area contributed by atoms with Crippen molar-refractivity contribution in [3.63, 3.8) is 0 Å². The average Bonchev–Trinajstić information content (AvgIpc) is 3.39. The number of ketones is 1. The third kappa shape index (κ3) is 5.55. The highest BCUT2D eigenvalue weighted by Crippen LogP contribution is 2.25. The smallest absolute Gasteiger partial charge is 0.230 e. The topological polar surface area (TPSA) is 66.1 Å². The number of aromatic nitrogens is 3. The molecular weight excluding hydrogens is 466 g/mol. The quantitative estimate of drug-likeness (QED) is 0.119. The van der Waals surface area contributed by atoms with E-state index in [-0.39, 0.29) is 24.0 Å². The zero-order valence-electron chi connectivity index (χ0n) is 19.6. The lowest BCUT2D eigenvalue weighted by Crippen LogP contribution is -2.22. The molecule has 0 fully saturated rings. The van der Waals surface area contributed by atoms with Crippen LogP contribution < -0.4 is 0 Å². The van der Waals surface area contributed by atoms with E-state index in [2.05, 4.69) is 24.6 Å². The fourth-order valence-corrected chi connectivity index (χ4v) is 4.66. The maximum atomic E-state index is 13.6. The number of hydrogen-bond acceptors (Lipinski definition) is 4. The molecule has 2 heterocycles. The van der Waals surface area contributed by atoms with Gasteiger partial charge in [-0.05, 0) is 29.8 Å². The van der Waals surface area contributed by atoms with Crippen LogP contribution in [0.3, 0.4) is 0 Å². The van der Waals surface area contributed by atoms with Crippen molar-refractivity contribution in [3.8, 4) is 0 Å². The summed E-state index contributed by atoms with van der Waals surface area (Å²) in [6.07, 6.45) is 4.08. The summed E-state index contributed by atoms with van der Waals surface area (Å²) in [6.45, 7) is 8.24. The van der Waals surface area contributed by atoms with Crippen molar-refractivity contribution in [1.29, 1.82) is 0 Å². The first-order valence-electron chi connectivity index (χ1n) is 11.2. The molecule has 0 aliphatic carbocycles. The number of para-hydroxylation sites is 1. The third-order valence-electron chi connectivity index (χ3n) is 5.65. The second kappa shape index (κ2) is 10.1. The van der Waals surface area contributed by atoms with Crippen molar-refractivity contribution < 1.29 is 14.3 Å². The summed E-state index contributed by atoms with van der Waals surface area (Å²) in [5.41, 5.74) is 2.77. The number of aldehydes is 1. The van der Waals surface area contributed by atoms with Gasteiger partial charge in [0, 0.05) is 49.5 Å². The Labute approximate surface area is 205 Å². The summed E-state index contributed by atoms with van der Waals surface area (Å²) in [6, 6.07) is 16.5. The Bertz CT molecular complexity index is 1320. The molecule has 0 bridgehead atoms. The van der Waals surface area contributed by atoms with Crippen LogP contribution >= 0.6 is 11.6 Å². The average molecular weight is 494 g/mol. The molecule has 34 heavy (non-hydrogen) atoms. The molecule has 0 aliphatic rings. The lowest BCUT2D eigenvalue weighted by molar-refractivity contribution is 0.0812. The SMILES string of the molecule is C[Si](C)(C)CCOCn1cc(C=O)nc1C(=O)c1cn(Cc2ccc(Cl)cc2)c2ccccc12. The van der Waals surface area contributed by atoms with E-state index < -0.39 is 8.07 Å². The summed E-state index contributed by atoms with van der Waals surface area (Å²) in [7, 11) is -1.23. The molecule has 0 amide bonds. The van der Waals surface area contributed by atoms with Gasteiger partial charge in [-0.3, -0.25) is 9.59 Å². The van der Waals surface area contributed by atoms with Gasteiger partial charge in [0.05, 0.1) is 5.56 Å². The summed E-state index contributed by atoms with van der Waals surface area (Å²) in [5.74, 6) is -0.0440. The van der Waals surface area contributed by atoms with Gasteiger partial charge in [0.1, 0.15) is 12.4 Å². The van der Waals surface area contributed by atoms with Crippen LogP contribution in [0.1, 0.15) is 32.2 Å². The van der Waals surface area contributed by atoms with E-state index >= 15 is 0 Å². The number of nitrogens with zero attached hydrogens (tertiary/aromatic N) is 3. The molecule has 0 atom stereocenters. The zero-order chi connectivity index (χ0) is 24.3. The Balaban J connectivity index is 1.64. The Hall–Kier alpha value is -3.00. The molecule has 0 unspecified atom stereocenters. The largest absolute Gasteiger partial charge is 0.361 e. The highest BCUT2D eigenvalue weighted by atomic mass is 35.5. The molecule has 0 saturated heterocycles.